The van der Waals surface area contributed by atoms with Crippen LogP contribution < -0.4 is 5.32 Å². The van der Waals surface area contributed by atoms with Crippen LogP contribution in [0.25, 0.3) is 0 Å². The van der Waals surface area contributed by atoms with E-state index >= 15 is 0 Å². The van der Waals surface area contributed by atoms with Crippen LogP contribution >= 0.6 is 23.2 Å². The fourth-order valence-corrected chi connectivity index (χ4v) is 2.74. The minimum absolute atomic E-state index is 0.0112. The number of hydrogen-bond acceptors (Lipinski definition) is 2. The van der Waals surface area contributed by atoms with Crippen molar-refractivity contribution in [3.05, 3.63) is 87.9 Å². The summed E-state index contributed by atoms with van der Waals surface area (Å²) < 4.78 is 2.02. The van der Waals surface area contributed by atoms with Gasteiger partial charge in [-0.25, -0.2) is 4.98 Å². The molecule has 23 heavy (non-hydrogen) atoms. The van der Waals surface area contributed by atoms with E-state index in [1.54, 1.807) is 0 Å². The van der Waals surface area contributed by atoms with Crippen LogP contribution in [0.3, 0.4) is 0 Å². The van der Waals surface area contributed by atoms with Crippen LogP contribution in [0.1, 0.15) is 23.0 Å². The Morgan fingerprint density at radius 3 is 2.17 bits per heavy atom. The summed E-state index contributed by atoms with van der Waals surface area (Å²) in [6.07, 6.45) is 3.75. The lowest BCUT2D eigenvalue weighted by Crippen LogP contribution is -2.24. The average molecular weight is 346 g/mol. The quantitative estimate of drug-likeness (QED) is 0.731. The van der Waals surface area contributed by atoms with Gasteiger partial charge in [0.25, 0.3) is 0 Å². The van der Waals surface area contributed by atoms with E-state index in [2.05, 4.69) is 10.3 Å². The first-order valence-corrected chi connectivity index (χ1v) is 8.09. The number of rotatable bonds is 5. The molecule has 0 amide bonds. The third-order valence-corrected chi connectivity index (χ3v) is 4.25. The largest absolute Gasteiger partial charge is 0.336 e. The summed E-state index contributed by atoms with van der Waals surface area (Å²) in [6.45, 7) is 0.720. The van der Waals surface area contributed by atoms with E-state index in [0.717, 1.165) is 28.0 Å². The molecule has 0 spiro atoms. The standard InChI is InChI=1S/C18H17Cl2N3/c1-23-11-10-21-18(23)17(14-4-8-16(20)9-5-14)22-12-13-2-6-15(19)7-3-13/h2-11,17,22H,12H2,1H3/t17-/m0/s1. The Morgan fingerprint density at radius 1 is 1.00 bits per heavy atom. The molecule has 0 radical (unpaired) electrons. The zero-order valence-corrected chi connectivity index (χ0v) is 14.2. The van der Waals surface area contributed by atoms with E-state index in [-0.39, 0.29) is 6.04 Å². The molecule has 0 fully saturated rings. The summed E-state index contributed by atoms with van der Waals surface area (Å²) in [4.78, 5) is 4.49. The normalized spacial score (nSPS) is 12.3. The van der Waals surface area contributed by atoms with Crippen LogP contribution in [0.5, 0.6) is 0 Å². The van der Waals surface area contributed by atoms with Gasteiger partial charge in [-0.1, -0.05) is 47.5 Å². The number of benzene rings is 2. The van der Waals surface area contributed by atoms with Crippen molar-refractivity contribution in [2.45, 2.75) is 12.6 Å². The molecule has 0 unspecified atom stereocenters. The Kier molecular flexibility index (Phi) is 5.01. The molecule has 0 aliphatic carbocycles. The van der Waals surface area contributed by atoms with Crippen molar-refractivity contribution in [2.24, 2.45) is 7.05 Å². The molecule has 0 saturated heterocycles. The number of hydrogen-bond donors (Lipinski definition) is 1. The Hall–Kier alpha value is -1.81. The number of nitrogens with one attached hydrogen (secondary N) is 1. The summed E-state index contributed by atoms with van der Waals surface area (Å²) in [5.74, 6) is 0.960. The van der Waals surface area contributed by atoms with Gasteiger partial charge in [-0.05, 0) is 35.4 Å². The van der Waals surface area contributed by atoms with Gasteiger partial charge in [-0.3, -0.25) is 5.32 Å². The summed E-state index contributed by atoms with van der Waals surface area (Å²) >= 11 is 11.9. The summed E-state index contributed by atoms with van der Waals surface area (Å²) in [6, 6.07) is 15.7. The number of halogens is 2. The molecule has 3 rings (SSSR count). The van der Waals surface area contributed by atoms with Crippen molar-refractivity contribution in [3.8, 4) is 0 Å². The lowest BCUT2D eigenvalue weighted by atomic mass is 10.1. The van der Waals surface area contributed by atoms with Gasteiger partial charge >= 0.3 is 0 Å². The van der Waals surface area contributed by atoms with Gasteiger partial charge in [0.15, 0.2) is 0 Å². The summed E-state index contributed by atoms with van der Waals surface area (Å²) in [5, 5.41) is 5.03. The molecule has 3 nitrogen and oxygen atoms in total. The molecule has 0 saturated carbocycles. The Morgan fingerprint density at radius 2 is 1.61 bits per heavy atom. The predicted molar refractivity (Wildman–Crippen MR) is 94.8 cm³/mol. The topological polar surface area (TPSA) is 29.9 Å². The fraction of sp³-hybridized carbons (Fsp3) is 0.167. The molecule has 118 valence electrons. The van der Waals surface area contributed by atoms with E-state index in [9.17, 15) is 0 Å². The van der Waals surface area contributed by atoms with Crippen molar-refractivity contribution in [1.29, 1.82) is 0 Å². The van der Waals surface area contributed by atoms with Crippen LogP contribution in [-0.2, 0) is 13.6 Å². The second-order valence-corrected chi connectivity index (χ2v) is 6.26. The van der Waals surface area contributed by atoms with Crippen LogP contribution in [0.4, 0.5) is 0 Å². The highest BCUT2D eigenvalue weighted by molar-refractivity contribution is 6.30. The highest BCUT2D eigenvalue weighted by Crippen LogP contribution is 2.23. The molecule has 5 heteroatoms. The molecule has 0 aliphatic rings. The maximum absolute atomic E-state index is 6.01. The van der Waals surface area contributed by atoms with E-state index in [0.29, 0.717) is 0 Å². The van der Waals surface area contributed by atoms with Crippen molar-refractivity contribution in [1.82, 2.24) is 14.9 Å². The second-order valence-electron chi connectivity index (χ2n) is 5.39. The van der Waals surface area contributed by atoms with Crippen LogP contribution in [-0.4, -0.2) is 9.55 Å². The second kappa shape index (κ2) is 7.18. The Bertz CT molecular complexity index is 764. The summed E-state index contributed by atoms with van der Waals surface area (Å²) in [7, 11) is 2.00. The average Bonchev–Trinajstić information content (AvgIpc) is 2.97. The van der Waals surface area contributed by atoms with E-state index in [1.165, 1.54) is 5.56 Å². The van der Waals surface area contributed by atoms with Crippen LogP contribution in [0.15, 0.2) is 60.9 Å². The van der Waals surface area contributed by atoms with Gasteiger partial charge < -0.3 is 4.57 Å². The number of aromatic nitrogens is 2. The fourth-order valence-electron chi connectivity index (χ4n) is 2.49. The van der Waals surface area contributed by atoms with Gasteiger partial charge in [0.1, 0.15) is 5.82 Å². The van der Waals surface area contributed by atoms with Gasteiger partial charge in [-0.15, -0.1) is 0 Å². The van der Waals surface area contributed by atoms with Crippen molar-refractivity contribution < 1.29 is 0 Å². The third kappa shape index (κ3) is 3.94. The first-order valence-electron chi connectivity index (χ1n) is 7.34. The van der Waals surface area contributed by atoms with E-state index in [4.69, 9.17) is 23.2 Å². The van der Waals surface area contributed by atoms with Crippen molar-refractivity contribution in [2.75, 3.05) is 0 Å². The molecular formula is C18H17Cl2N3. The highest BCUT2D eigenvalue weighted by atomic mass is 35.5. The molecule has 1 heterocycles. The van der Waals surface area contributed by atoms with Crippen LogP contribution in [0, 0.1) is 0 Å². The maximum atomic E-state index is 6.01. The molecule has 0 aliphatic heterocycles. The first-order chi connectivity index (χ1) is 11.1. The number of aryl methyl sites for hydroxylation is 1. The molecule has 1 aromatic heterocycles. The molecule has 1 atom stereocenters. The number of imidazole rings is 1. The zero-order chi connectivity index (χ0) is 16.2. The monoisotopic (exact) mass is 345 g/mol. The molecule has 0 bridgehead atoms. The molecule has 2 aromatic carbocycles. The maximum Gasteiger partial charge on any atom is 0.130 e. The van der Waals surface area contributed by atoms with Crippen molar-refractivity contribution >= 4 is 23.2 Å². The first kappa shape index (κ1) is 16.1. The van der Waals surface area contributed by atoms with E-state index in [1.807, 2.05) is 72.5 Å². The predicted octanol–water partition coefficient (Wildman–Crippen LogP) is 4.61. The highest BCUT2D eigenvalue weighted by Gasteiger charge is 2.17. The molecular weight excluding hydrogens is 329 g/mol. The minimum atomic E-state index is -0.0112. The minimum Gasteiger partial charge on any atom is -0.336 e. The van der Waals surface area contributed by atoms with Gasteiger partial charge in [0.05, 0.1) is 6.04 Å². The smallest absolute Gasteiger partial charge is 0.130 e. The third-order valence-electron chi connectivity index (χ3n) is 3.74. The Balaban J connectivity index is 1.85. The van der Waals surface area contributed by atoms with Gasteiger partial charge in [0, 0.05) is 36.0 Å². The van der Waals surface area contributed by atoms with Gasteiger partial charge in [-0.2, -0.15) is 0 Å². The Labute approximate surface area is 145 Å². The molecule has 3 aromatic rings. The lowest BCUT2D eigenvalue weighted by Gasteiger charge is -2.19. The van der Waals surface area contributed by atoms with E-state index < -0.39 is 0 Å². The van der Waals surface area contributed by atoms with Crippen LogP contribution in [0.2, 0.25) is 10.0 Å². The summed E-state index contributed by atoms with van der Waals surface area (Å²) in [5.41, 5.74) is 2.29. The van der Waals surface area contributed by atoms with Gasteiger partial charge in [0.2, 0.25) is 0 Å². The zero-order valence-electron chi connectivity index (χ0n) is 12.7. The SMILES string of the molecule is Cn1ccnc1[C@@H](NCc1ccc(Cl)cc1)c1ccc(Cl)cc1. The lowest BCUT2D eigenvalue weighted by molar-refractivity contribution is 0.558. The molecule has 1 N–H and O–H groups in total. The number of nitrogens with zero attached hydrogens (tertiary/aromatic N) is 2. The van der Waals surface area contributed by atoms with Crippen molar-refractivity contribution in [3.63, 3.8) is 0 Å².